The summed E-state index contributed by atoms with van der Waals surface area (Å²) in [6.45, 7) is 4.93. The molecule has 2 aliphatic heterocycles. The van der Waals surface area contributed by atoms with Crippen molar-refractivity contribution in [1.82, 2.24) is 15.1 Å². The monoisotopic (exact) mass is 367 g/mol. The van der Waals surface area contributed by atoms with Crippen molar-refractivity contribution >= 4 is 5.91 Å². The third-order valence-corrected chi connectivity index (χ3v) is 5.60. The second-order valence-corrected chi connectivity index (χ2v) is 7.49. The van der Waals surface area contributed by atoms with Crippen LogP contribution in [0.5, 0.6) is 0 Å². The molecule has 2 aromatic rings. The van der Waals surface area contributed by atoms with E-state index in [0.29, 0.717) is 0 Å². The summed E-state index contributed by atoms with van der Waals surface area (Å²) in [5.41, 5.74) is 3.69. The van der Waals surface area contributed by atoms with Crippen molar-refractivity contribution in [2.45, 2.75) is 32.0 Å². The number of hydrogen-bond donors (Lipinski definition) is 1. The Morgan fingerprint density at radius 1 is 1.00 bits per heavy atom. The van der Waals surface area contributed by atoms with Gasteiger partial charge >= 0.3 is 0 Å². The van der Waals surface area contributed by atoms with Gasteiger partial charge in [0.05, 0.1) is 6.04 Å². The topological polar surface area (TPSA) is 35.6 Å². The average Bonchev–Trinajstić information content (AvgIpc) is 2.94. The molecule has 1 fully saturated rings. The Morgan fingerprint density at radius 2 is 1.78 bits per heavy atom. The highest BCUT2D eigenvalue weighted by molar-refractivity contribution is 5.82. The fourth-order valence-corrected chi connectivity index (χ4v) is 4.05. The maximum Gasteiger partial charge on any atom is 0.240 e. The number of carbonyl (C=O) groups is 1. The minimum atomic E-state index is -0.201. The molecule has 0 unspecified atom stereocenters. The molecule has 2 heterocycles. The number of carbonyl (C=O) groups excluding carboxylic acids is 1. The van der Waals surface area contributed by atoms with Crippen molar-refractivity contribution < 1.29 is 9.18 Å². The van der Waals surface area contributed by atoms with Crippen LogP contribution >= 0.6 is 0 Å². The van der Waals surface area contributed by atoms with Gasteiger partial charge in [-0.1, -0.05) is 36.4 Å². The fourth-order valence-electron chi connectivity index (χ4n) is 4.05. The molecule has 4 rings (SSSR count). The van der Waals surface area contributed by atoms with E-state index in [1.165, 1.54) is 23.3 Å². The van der Waals surface area contributed by atoms with Gasteiger partial charge in [-0.15, -0.1) is 0 Å². The largest absolute Gasteiger partial charge is 0.340 e. The lowest BCUT2D eigenvalue weighted by atomic mass is 9.95. The molecule has 2 aromatic carbocycles. The molecular weight excluding hydrogens is 341 g/mol. The summed E-state index contributed by atoms with van der Waals surface area (Å²) < 4.78 is 13.1. The van der Waals surface area contributed by atoms with Gasteiger partial charge in [0.25, 0.3) is 0 Å². The van der Waals surface area contributed by atoms with Gasteiger partial charge in [0, 0.05) is 39.3 Å². The standard InChI is InChI=1S/C22H26FN3O/c23-20-8-6-17(7-9-20)16-25-10-3-11-26(13-12-25)22(27)21-14-18-4-1-2-5-19(18)15-24-21/h1-2,4-9,21,24H,3,10-16H2/t21-/m1/s1. The molecular formula is C22H26FN3O. The van der Waals surface area contributed by atoms with E-state index in [-0.39, 0.29) is 17.8 Å². The Labute approximate surface area is 160 Å². The SMILES string of the molecule is O=C([C@H]1Cc2ccccc2CN1)N1CCCN(Cc2ccc(F)cc2)CC1. The first kappa shape index (κ1) is 18.1. The molecule has 1 saturated heterocycles. The molecule has 0 saturated carbocycles. The first-order valence-electron chi connectivity index (χ1n) is 9.75. The molecule has 1 amide bonds. The number of hydrogen-bond acceptors (Lipinski definition) is 3. The highest BCUT2D eigenvalue weighted by atomic mass is 19.1. The van der Waals surface area contributed by atoms with E-state index >= 15 is 0 Å². The normalized spacial score (nSPS) is 20.8. The van der Waals surface area contributed by atoms with Crippen LogP contribution in [-0.2, 0) is 24.3 Å². The van der Waals surface area contributed by atoms with Crippen LogP contribution in [-0.4, -0.2) is 47.9 Å². The molecule has 0 radical (unpaired) electrons. The van der Waals surface area contributed by atoms with Gasteiger partial charge in [-0.3, -0.25) is 9.69 Å². The predicted octanol–water partition coefficient (Wildman–Crippen LogP) is 2.57. The summed E-state index contributed by atoms with van der Waals surface area (Å²) in [5.74, 6) is 0.0149. The van der Waals surface area contributed by atoms with Gasteiger partial charge in [-0.25, -0.2) is 4.39 Å². The van der Waals surface area contributed by atoms with Gasteiger partial charge in [0.1, 0.15) is 5.82 Å². The third kappa shape index (κ3) is 4.37. The smallest absolute Gasteiger partial charge is 0.240 e. The van der Waals surface area contributed by atoms with E-state index in [4.69, 9.17) is 0 Å². The van der Waals surface area contributed by atoms with E-state index in [9.17, 15) is 9.18 Å². The zero-order chi connectivity index (χ0) is 18.6. The van der Waals surface area contributed by atoms with Crippen LogP contribution in [0.2, 0.25) is 0 Å². The minimum Gasteiger partial charge on any atom is -0.340 e. The molecule has 27 heavy (non-hydrogen) atoms. The number of nitrogens with one attached hydrogen (secondary N) is 1. The first-order chi connectivity index (χ1) is 13.2. The molecule has 5 heteroatoms. The Morgan fingerprint density at radius 3 is 2.59 bits per heavy atom. The van der Waals surface area contributed by atoms with Crippen LogP contribution in [0.25, 0.3) is 0 Å². The Kier molecular flexibility index (Phi) is 5.50. The van der Waals surface area contributed by atoms with Gasteiger partial charge in [0.15, 0.2) is 0 Å². The third-order valence-electron chi connectivity index (χ3n) is 5.60. The molecule has 1 atom stereocenters. The fraction of sp³-hybridized carbons (Fsp3) is 0.409. The van der Waals surface area contributed by atoms with E-state index in [0.717, 1.165) is 57.7 Å². The Balaban J connectivity index is 1.34. The van der Waals surface area contributed by atoms with Crippen LogP contribution in [0, 0.1) is 5.82 Å². The predicted molar refractivity (Wildman–Crippen MR) is 104 cm³/mol. The summed E-state index contributed by atoms with van der Waals surface area (Å²) >= 11 is 0. The maximum absolute atomic E-state index is 13.1. The van der Waals surface area contributed by atoms with Crippen LogP contribution in [0.4, 0.5) is 4.39 Å². The van der Waals surface area contributed by atoms with Crippen molar-refractivity contribution in [3.63, 3.8) is 0 Å². The number of nitrogens with zero attached hydrogens (tertiary/aromatic N) is 2. The van der Waals surface area contributed by atoms with Gasteiger partial charge in [0.2, 0.25) is 5.91 Å². The van der Waals surface area contributed by atoms with Crippen molar-refractivity contribution in [3.8, 4) is 0 Å². The number of fused-ring (bicyclic) bond motifs is 1. The van der Waals surface area contributed by atoms with E-state index < -0.39 is 0 Å². The maximum atomic E-state index is 13.1. The highest BCUT2D eigenvalue weighted by Gasteiger charge is 2.29. The van der Waals surface area contributed by atoms with Crippen LogP contribution in [0.15, 0.2) is 48.5 Å². The minimum absolute atomic E-state index is 0.122. The molecule has 0 aliphatic carbocycles. The second-order valence-electron chi connectivity index (χ2n) is 7.49. The zero-order valence-electron chi connectivity index (χ0n) is 15.5. The van der Waals surface area contributed by atoms with E-state index in [1.54, 1.807) is 0 Å². The quantitative estimate of drug-likeness (QED) is 0.906. The Bertz CT molecular complexity index is 792. The van der Waals surface area contributed by atoms with Gasteiger partial charge < -0.3 is 10.2 Å². The number of rotatable bonds is 3. The molecule has 0 aromatic heterocycles. The van der Waals surface area contributed by atoms with E-state index in [1.807, 2.05) is 29.2 Å². The molecule has 4 nitrogen and oxygen atoms in total. The summed E-state index contributed by atoms with van der Waals surface area (Å²) in [7, 11) is 0. The first-order valence-corrected chi connectivity index (χ1v) is 9.75. The Hall–Kier alpha value is -2.24. The number of halogens is 1. The molecule has 2 aliphatic rings. The second kappa shape index (κ2) is 8.19. The summed E-state index contributed by atoms with van der Waals surface area (Å²) in [5, 5.41) is 3.41. The van der Waals surface area contributed by atoms with Crippen LogP contribution in [0.3, 0.4) is 0 Å². The van der Waals surface area contributed by atoms with Crippen LogP contribution in [0.1, 0.15) is 23.1 Å². The molecule has 142 valence electrons. The molecule has 1 N–H and O–H groups in total. The lowest BCUT2D eigenvalue weighted by Crippen LogP contribution is -2.50. The van der Waals surface area contributed by atoms with Gasteiger partial charge in [-0.2, -0.15) is 0 Å². The van der Waals surface area contributed by atoms with Crippen molar-refractivity contribution in [2.24, 2.45) is 0 Å². The van der Waals surface area contributed by atoms with Crippen molar-refractivity contribution in [1.29, 1.82) is 0 Å². The van der Waals surface area contributed by atoms with Crippen LogP contribution < -0.4 is 5.32 Å². The summed E-state index contributed by atoms with van der Waals surface area (Å²) in [6.07, 6.45) is 1.74. The molecule has 0 spiro atoms. The lowest BCUT2D eigenvalue weighted by molar-refractivity contribution is -0.133. The summed E-state index contributed by atoms with van der Waals surface area (Å²) in [4.78, 5) is 17.4. The van der Waals surface area contributed by atoms with E-state index in [2.05, 4.69) is 22.3 Å². The molecule has 0 bridgehead atoms. The average molecular weight is 367 g/mol. The zero-order valence-corrected chi connectivity index (χ0v) is 15.5. The number of benzene rings is 2. The summed E-state index contributed by atoms with van der Waals surface area (Å²) in [6, 6.07) is 14.9. The lowest BCUT2D eigenvalue weighted by Gasteiger charge is -2.30. The van der Waals surface area contributed by atoms with Gasteiger partial charge in [-0.05, 0) is 41.7 Å². The number of amides is 1. The van der Waals surface area contributed by atoms with Crippen molar-refractivity contribution in [2.75, 3.05) is 26.2 Å². The highest BCUT2D eigenvalue weighted by Crippen LogP contribution is 2.18. The van der Waals surface area contributed by atoms with Crippen molar-refractivity contribution in [3.05, 3.63) is 71.0 Å².